The fourth-order valence-electron chi connectivity index (χ4n) is 1.86. The van der Waals surface area contributed by atoms with Crippen LogP contribution >= 0.6 is 0 Å². The molecule has 0 amide bonds. The van der Waals surface area contributed by atoms with Crippen LogP contribution in [0.5, 0.6) is 0 Å². The van der Waals surface area contributed by atoms with Gasteiger partial charge in [-0.2, -0.15) is 0 Å². The van der Waals surface area contributed by atoms with E-state index >= 15 is 0 Å². The minimum atomic E-state index is 0.0506. The van der Waals surface area contributed by atoms with Crippen molar-refractivity contribution < 1.29 is 4.74 Å². The predicted octanol–water partition coefficient (Wildman–Crippen LogP) is 3.52. The van der Waals surface area contributed by atoms with E-state index < -0.39 is 0 Å². The molecule has 1 fully saturated rings. The first-order valence-electron chi connectivity index (χ1n) is 5.26. The van der Waals surface area contributed by atoms with Crippen molar-refractivity contribution in [3.8, 4) is 0 Å². The van der Waals surface area contributed by atoms with E-state index in [9.17, 15) is 0 Å². The van der Waals surface area contributed by atoms with Gasteiger partial charge in [-0.05, 0) is 33.6 Å². The predicted molar refractivity (Wildman–Crippen MR) is 52.3 cm³/mol. The van der Waals surface area contributed by atoms with Crippen molar-refractivity contribution in [2.24, 2.45) is 0 Å². The number of ether oxygens (including phenoxy) is 1. The molecular formula is C11H22O. The Balaban J connectivity index is 2.30. The lowest BCUT2D eigenvalue weighted by Crippen LogP contribution is -2.26. The first-order chi connectivity index (χ1) is 5.58. The molecule has 1 heteroatoms. The molecule has 1 nitrogen and oxygen atoms in total. The normalized spacial score (nSPS) is 22.2. The molecule has 0 saturated heterocycles. The standard InChI is InChI=1S/C11H22O/c1-11(2,3)12-10-8-6-4-5-7-9-10/h10H,4-9H2,1-3H3. The van der Waals surface area contributed by atoms with Crippen molar-refractivity contribution in [1.29, 1.82) is 0 Å². The highest BCUT2D eigenvalue weighted by Gasteiger charge is 2.19. The lowest BCUT2D eigenvalue weighted by molar-refractivity contribution is -0.0650. The Morgan fingerprint density at radius 1 is 0.917 bits per heavy atom. The van der Waals surface area contributed by atoms with Crippen LogP contribution in [0.25, 0.3) is 0 Å². The second-order valence-corrected chi connectivity index (χ2v) is 4.84. The van der Waals surface area contributed by atoms with E-state index in [1.165, 1.54) is 38.5 Å². The molecule has 0 N–H and O–H groups in total. The molecule has 0 aromatic rings. The Morgan fingerprint density at radius 3 is 1.83 bits per heavy atom. The molecule has 0 aromatic carbocycles. The topological polar surface area (TPSA) is 9.23 Å². The van der Waals surface area contributed by atoms with Gasteiger partial charge in [0.2, 0.25) is 0 Å². The van der Waals surface area contributed by atoms with E-state index in [4.69, 9.17) is 4.74 Å². The van der Waals surface area contributed by atoms with Gasteiger partial charge >= 0.3 is 0 Å². The van der Waals surface area contributed by atoms with Crippen LogP contribution in [0.1, 0.15) is 59.3 Å². The molecule has 1 aliphatic carbocycles. The molecule has 1 rings (SSSR count). The Kier molecular flexibility index (Phi) is 3.57. The third-order valence-corrected chi connectivity index (χ3v) is 2.32. The average Bonchev–Trinajstić information content (AvgIpc) is 2.12. The Labute approximate surface area is 76.5 Å². The minimum Gasteiger partial charge on any atom is -0.373 e. The Hall–Kier alpha value is -0.0400. The summed E-state index contributed by atoms with van der Waals surface area (Å²) in [4.78, 5) is 0. The number of hydrogen-bond donors (Lipinski definition) is 0. The zero-order valence-corrected chi connectivity index (χ0v) is 8.73. The van der Waals surface area contributed by atoms with Crippen molar-refractivity contribution >= 4 is 0 Å². The largest absolute Gasteiger partial charge is 0.373 e. The summed E-state index contributed by atoms with van der Waals surface area (Å²) in [5.41, 5.74) is 0.0506. The molecule has 1 aliphatic rings. The Bertz CT molecular complexity index is 115. The molecule has 1 saturated carbocycles. The first kappa shape index (κ1) is 10.0. The molecule has 0 radical (unpaired) electrons. The van der Waals surface area contributed by atoms with Gasteiger partial charge in [-0.25, -0.2) is 0 Å². The van der Waals surface area contributed by atoms with Gasteiger partial charge in [0.25, 0.3) is 0 Å². The third-order valence-electron chi connectivity index (χ3n) is 2.32. The van der Waals surface area contributed by atoms with Gasteiger partial charge in [0.15, 0.2) is 0 Å². The van der Waals surface area contributed by atoms with Gasteiger partial charge in [-0.15, -0.1) is 0 Å². The van der Waals surface area contributed by atoms with Crippen molar-refractivity contribution in [3.63, 3.8) is 0 Å². The number of hydrogen-bond acceptors (Lipinski definition) is 1. The molecule has 0 unspecified atom stereocenters. The van der Waals surface area contributed by atoms with E-state index in [1.54, 1.807) is 0 Å². The molecule has 0 heterocycles. The summed E-state index contributed by atoms with van der Waals surface area (Å²) < 4.78 is 5.96. The van der Waals surface area contributed by atoms with E-state index in [0.29, 0.717) is 6.10 Å². The van der Waals surface area contributed by atoms with Crippen LogP contribution in [0, 0.1) is 0 Å². The van der Waals surface area contributed by atoms with E-state index in [1.807, 2.05) is 0 Å². The smallest absolute Gasteiger partial charge is 0.0602 e. The first-order valence-corrected chi connectivity index (χ1v) is 5.26. The lowest BCUT2D eigenvalue weighted by Gasteiger charge is -2.26. The quantitative estimate of drug-likeness (QED) is 0.547. The van der Waals surface area contributed by atoms with Crippen LogP contribution in [0.3, 0.4) is 0 Å². The van der Waals surface area contributed by atoms with Crippen molar-refractivity contribution in [3.05, 3.63) is 0 Å². The van der Waals surface area contributed by atoms with Crippen LogP contribution in [0.2, 0.25) is 0 Å². The van der Waals surface area contributed by atoms with Gasteiger partial charge in [0, 0.05) is 0 Å². The third kappa shape index (κ3) is 4.10. The van der Waals surface area contributed by atoms with Gasteiger partial charge in [-0.1, -0.05) is 25.7 Å². The van der Waals surface area contributed by atoms with E-state index in [-0.39, 0.29) is 5.60 Å². The Morgan fingerprint density at radius 2 is 1.42 bits per heavy atom. The van der Waals surface area contributed by atoms with Crippen molar-refractivity contribution in [2.75, 3.05) is 0 Å². The van der Waals surface area contributed by atoms with Crippen LogP contribution in [0.4, 0.5) is 0 Å². The van der Waals surface area contributed by atoms with Gasteiger partial charge < -0.3 is 4.74 Å². The molecular weight excluding hydrogens is 148 g/mol. The second kappa shape index (κ2) is 4.27. The molecule has 0 atom stereocenters. The summed E-state index contributed by atoms with van der Waals surface area (Å²) in [5, 5.41) is 0. The SMILES string of the molecule is CC(C)(C)OC1CCCCCC1. The maximum Gasteiger partial charge on any atom is 0.0602 e. The second-order valence-electron chi connectivity index (χ2n) is 4.84. The summed E-state index contributed by atoms with van der Waals surface area (Å²) >= 11 is 0. The summed E-state index contributed by atoms with van der Waals surface area (Å²) in [7, 11) is 0. The highest BCUT2D eigenvalue weighted by atomic mass is 16.5. The monoisotopic (exact) mass is 170 g/mol. The average molecular weight is 170 g/mol. The molecule has 0 bridgehead atoms. The summed E-state index contributed by atoms with van der Waals surface area (Å²) in [5.74, 6) is 0. The van der Waals surface area contributed by atoms with Crippen LogP contribution in [0.15, 0.2) is 0 Å². The molecule has 72 valence electrons. The highest BCUT2D eigenvalue weighted by Crippen LogP contribution is 2.23. The molecule has 12 heavy (non-hydrogen) atoms. The maximum atomic E-state index is 5.96. The fourth-order valence-corrected chi connectivity index (χ4v) is 1.86. The number of rotatable bonds is 1. The summed E-state index contributed by atoms with van der Waals surface area (Å²) in [6, 6.07) is 0. The summed E-state index contributed by atoms with van der Waals surface area (Å²) in [6.45, 7) is 6.45. The fraction of sp³-hybridized carbons (Fsp3) is 1.00. The van der Waals surface area contributed by atoms with Crippen molar-refractivity contribution in [1.82, 2.24) is 0 Å². The molecule has 0 spiro atoms. The van der Waals surface area contributed by atoms with Crippen molar-refractivity contribution in [2.45, 2.75) is 71.0 Å². The van der Waals surface area contributed by atoms with Crippen LogP contribution in [-0.4, -0.2) is 11.7 Å². The van der Waals surface area contributed by atoms with Gasteiger partial charge in [0.1, 0.15) is 0 Å². The zero-order valence-electron chi connectivity index (χ0n) is 8.73. The van der Waals surface area contributed by atoms with Crippen LogP contribution < -0.4 is 0 Å². The highest BCUT2D eigenvalue weighted by molar-refractivity contribution is 4.69. The van der Waals surface area contributed by atoms with E-state index in [2.05, 4.69) is 20.8 Å². The molecule has 0 aliphatic heterocycles. The zero-order chi connectivity index (χ0) is 9.03. The van der Waals surface area contributed by atoms with Gasteiger partial charge in [0.05, 0.1) is 11.7 Å². The summed E-state index contributed by atoms with van der Waals surface area (Å²) in [6.07, 6.45) is 8.62. The lowest BCUT2D eigenvalue weighted by atomic mass is 10.1. The minimum absolute atomic E-state index is 0.0506. The van der Waals surface area contributed by atoms with Gasteiger partial charge in [-0.3, -0.25) is 0 Å². The molecule has 0 aromatic heterocycles. The van der Waals surface area contributed by atoms with E-state index in [0.717, 1.165) is 0 Å². The van der Waals surface area contributed by atoms with Crippen LogP contribution in [-0.2, 0) is 4.74 Å². The maximum absolute atomic E-state index is 5.96.